The molecule has 5 nitrogen and oxygen atoms in total. The van der Waals surface area contributed by atoms with E-state index in [1.165, 1.54) is 11.6 Å². The summed E-state index contributed by atoms with van der Waals surface area (Å²) in [6, 6.07) is 24.9. The van der Waals surface area contributed by atoms with Gasteiger partial charge in [-0.05, 0) is 24.5 Å². The van der Waals surface area contributed by atoms with Crippen LogP contribution in [0.25, 0.3) is 22.5 Å². The number of carboxylic acid groups (broad SMARTS) is 1. The quantitative estimate of drug-likeness (QED) is 0.568. The predicted molar refractivity (Wildman–Crippen MR) is 114 cm³/mol. The smallest absolute Gasteiger partial charge is 0.228 e. The zero-order valence-corrected chi connectivity index (χ0v) is 16.1. The van der Waals surface area contributed by atoms with Crippen molar-refractivity contribution in [2.24, 2.45) is 0 Å². The minimum Gasteiger partial charge on any atom is -0.545 e. The van der Waals surface area contributed by atoms with Gasteiger partial charge in [0.1, 0.15) is 0 Å². The summed E-state index contributed by atoms with van der Waals surface area (Å²) in [5, 5.41) is 14.6. The molecule has 0 radical (unpaired) electrons. The lowest BCUT2D eigenvalue weighted by Crippen LogP contribution is -2.23. The summed E-state index contributed by atoms with van der Waals surface area (Å²) >= 11 is 0. The van der Waals surface area contributed by atoms with Gasteiger partial charge in [-0.3, -0.25) is 0 Å². The zero-order chi connectivity index (χ0) is 20.5. The van der Waals surface area contributed by atoms with E-state index in [0.29, 0.717) is 11.6 Å². The summed E-state index contributed by atoms with van der Waals surface area (Å²) < 4.78 is 0. The van der Waals surface area contributed by atoms with Crippen molar-refractivity contribution in [3.05, 3.63) is 95.6 Å². The van der Waals surface area contributed by atoms with Crippen LogP contribution in [0.15, 0.2) is 78.9 Å². The Kier molecular flexibility index (Phi) is 4.48. The number of nitrogens with one attached hydrogen (secondary N) is 1. The Labute approximate surface area is 174 Å². The Hall–Kier alpha value is -3.99. The Bertz CT molecular complexity index is 1240. The van der Waals surface area contributed by atoms with E-state index in [4.69, 9.17) is 9.97 Å². The van der Waals surface area contributed by atoms with Gasteiger partial charge in [0.2, 0.25) is 5.95 Å². The van der Waals surface area contributed by atoms with Gasteiger partial charge in [-0.1, -0.05) is 72.8 Å². The second kappa shape index (κ2) is 7.44. The lowest BCUT2D eigenvalue weighted by Gasteiger charge is -2.22. The van der Waals surface area contributed by atoms with Gasteiger partial charge in [-0.2, -0.15) is 0 Å². The lowest BCUT2D eigenvalue weighted by molar-refractivity contribution is -0.254. The van der Waals surface area contributed by atoms with Crippen molar-refractivity contribution in [3.63, 3.8) is 0 Å². The molecular formula is C25H18N3O2-. The molecule has 1 aliphatic rings. The summed E-state index contributed by atoms with van der Waals surface area (Å²) in [6.07, 6.45) is 1.79. The molecule has 0 amide bonds. The van der Waals surface area contributed by atoms with Crippen LogP contribution in [0.3, 0.4) is 0 Å². The summed E-state index contributed by atoms with van der Waals surface area (Å²) in [7, 11) is 0. The number of carbonyl (C=O) groups is 1. The molecule has 1 N–H and O–H groups in total. The van der Waals surface area contributed by atoms with Gasteiger partial charge >= 0.3 is 0 Å². The van der Waals surface area contributed by atoms with E-state index >= 15 is 0 Å². The van der Waals surface area contributed by atoms with Gasteiger partial charge in [0, 0.05) is 27.9 Å². The van der Waals surface area contributed by atoms with Crippen molar-refractivity contribution >= 4 is 17.6 Å². The number of nitrogens with zero attached hydrogens (tertiary/aromatic N) is 2. The van der Waals surface area contributed by atoms with Gasteiger partial charge < -0.3 is 15.2 Å². The Morgan fingerprint density at radius 2 is 1.50 bits per heavy atom. The molecule has 146 valence electrons. The van der Waals surface area contributed by atoms with Crippen LogP contribution < -0.4 is 10.4 Å². The first-order valence-electron chi connectivity index (χ1n) is 9.83. The van der Waals surface area contributed by atoms with Crippen molar-refractivity contribution in [1.82, 2.24) is 9.97 Å². The molecular weight excluding hydrogens is 374 g/mol. The van der Waals surface area contributed by atoms with Crippen LogP contribution in [0.2, 0.25) is 0 Å². The number of rotatable bonds is 4. The number of anilines is 2. The van der Waals surface area contributed by atoms with E-state index < -0.39 is 5.97 Å². The molecule has 0 saturated carbocycles. The summed E-state index contributed by atoms with van der Waals surface area (Å²) in [5.41, 5.74) is 6.69. The van der Waals surface area contributed by atoms with Crippen LogP contribution in [0.5, 0.6) is 0 Å². The van der Waals surface area contributed by atoms with Crippen LogP contribution in [0.1, 0.15) is 21.5 Å². The molecule has 3 aromatic carbocycles. The molecule has 1 heterocycles. The average molecular weight is 392 g/mol. The van der Waals surface area contributed by atoms with Crippen LogP contribution in [0, 0.1) is 0 Å². The van der Waals surface area contributed by atoms with Gasteiger partial charge in [0.25, 0.3) is 0 Å². The van der Waals surface area contributed by atoms with Crippen molar-refractivity contribution in [2.45, 2.75) is 12.8 Å². The van der Waals surface area contributed by atoms with Gasteiger partial charge in [0.15, 0.2) is 0 Å². The van der Waals surface area contributed by atoms with Gasteiger partial charge in [-0.15, -0.1) is 0 Å². The second-order valence-corrected chi connectivity index (χ2v) is 7.20. The molecule has 0 spiro atoms. The number of hydrogen-bond donors (Lipinski definition) is 1. The summed E-state index contributed by atoms with van der Waals surface area (Å²) in [4.78, 5) is 21.1. The SMILES string of the molecule is O=C([O-])c1ccccc1Nc1nc(-c2ccccc2)c2c(n1)-c1ccccc1CC2. The molecule has 1 aliphatic carbocycles. The van der Waals surface area contributed by atoms with Crippen LogP contribution in [-0.2, 0) is 12.8 Å². The lowest BCUT2D eigenvalue weighted by atomic mass is 9.87. The molecule has 5 heteroatoms. The molecule has 0 fully saturated rings. The van der Waals surface area contributed by atoms with E-state index in [-0.39, 0.29) is 5.56 Å². The van der Waals surface area contributed by atoms with E-state index in [2.05, 4.69) is 17.4 Å². The standard InChI is InChI=1S/C25H19N3O2/c29-24(30)19-12-6-7-13-21(19)26-25-27-22(17-9-2-1-3-10-17)20-15-14-16-8-4-5-11-18(16)23(20)28-25/h1-13H,14-15H2,(H,29,30)(H,26,27,28)/p-1. The number of aryl methyl sites for hydroxylation is 1. The minimum absolute atomic E-state index is 0.0699. The van der Waals surface area contributed by atoms with E-state index in [0.717, 1.165) is 40.9 Å². The fraction of sp³-hybridized carbons (Fsp3) is 0.0800. The third-order valence-corrected chi connectivity index (χ3v) is 5.36. The van der Waals surface area contributed by atoms with Crippen molar-refractivity contribution in [2.75, 3.05) is 5.32 Å². The fourth-order valence-electron chi connectivity index (χ4n) is 3.95. The number of carbonyl (C=O) groups excluding carboxylic acids is 1. The summed E-state index contributed by atoms with van der Waals surface area (Å²) in [5.74, 6) is -0.886. The van der Waals surface area contributed by atoms with E-state index in [1.54, 1.807) is 18.2 Å². The first-order valence-corrected chi connectivity index (χ1v) is 9.83. The van der Waals surface area contributed by atoms with Crippen LogP contribution >= 0.6 is 0 Å². The van der Waals surface area contributed by atoms with Crippen LogP contribution in [0.4, 0.5) is 11.6 Å². The number of aromatic nitrogens is 2. The minimum atomic E-state index is -1.25. The highest BCUT2D eigenvalue weighted by Crippen LogP contribution is 2.37. The van der Waals surface area contributed by atoms with E-state index in [9.17, 15) is 9.90 Å². The monoisotopic (exact) mass is 392 g/mol. The van der Waals surface area contributed by atoms with Gasteiger partial charge in [0.05, 0.1) is 17.4 Å². The second-order valence-electron chi connectivity index (χ2n) is 7.20. The highest BCUT2D eigenvalue weighted by atomic mass is 16.4. The molecule has 1 aromatic heterocycles. The normalized spacial score (nSPS) is 12.0. The topological polar surface area (TPSA) is 77.9 Å². The Morgan fingerprint density at radius 1 is 0.800 bits per heavy atom. The first kappa shape index (κ1) is 18.1. The Morgan fingerprint density at radius 3 is 2.33 bits per heavy atom. The maximum absolute atomic E-state index is 11.5. The molecule has 0 unspecified atom stereocenters. The molecule has 0 saturated heterocycles. The maximum Gasteiger partial charge on any atom is 0.228 e. The van der Waals surface area contributed by atoms with Gasteiger partial charge in [-0.25, -0.2) is 9.97 Å². The van der Waals surface area contributed by atoms with Crippen molar-refractivity contribution < 1.29 is 9.90 Å². The number of aromatic carboxylic acids is 1. The van der Waals surface area contributed by atoms with Crippen LogP contribution in [-0.4, -0.2) is 15.9 Å². The number of fused-ring (bicyclic) bond motifs is 3. The number of hydrogen-bond acceptors (Lipinski definition) is 5. The molecule has 0 bridgehead atoms. The largest absolute Gasteiger partial charge is 0.545 e. The van der Waals surface area contributed by atoms with Crippen molar-refractivity contribution in [3.8, 4) is 22.5 Å². The summed E-state index contributed by atoms with van der Waals surface area (Å²) in [6.45, 7) is 0. The molecule has 4 aromatic rings. The fourth-order valence-corrected chi connectivity index (χ4v) is 3.95. The molecule has 30 heavy (non-hydrogen) atoms. The maximum atomic E-state index is 11.5. The third kappa shape index (κ3) is 3.20. The molecule has 5 rings (SSSR count). The Balaban J connectivity index is 1.70. The average Bonchev–Trinajstić information content (AvgIpc) is 2.79. The highest BCUT2D eigenvalue weighted by molar-refractivity contribution is 5.93. The predicted octanol–water partition coefficient (Wildman–Crippen LogP) is 4.02. The number of carboxylic acids is 1. The highest BCUT2D eigenvalue weighted by Gasteiger charge is 2.23. The van der Waals surface area contributed by atoms with Crippen molar-refractivity contribution in [1.29, 1.82) is 0 Å². The number of benzene rings is 3. The molecule has 0 atom stereocenters. The molecule has 0 aliphatic heterocycles. The van der Waals surface area contributed by atoms with E-state index in [1.807, 2.05) is 42.5 Å². The zero-order valence-electron chi connectivity index (χ0n) is 16.1. The number of para-hydroxylation sites is 1. The third-order valence-electron chi connectivity index (χ3n) is 5.36. The first-order chi connectivity index (χ1) is 14.7.